The van der Waals surface area contributed by atoms with Crippen molar-refractivity contribution in [2.45, 2.75) is 31.4 Å². The predicted octanol–water partition coefficient (Wildman–Crippen LogP) is 2.83. The normalized spacial score (nSPS) is 17.8. The molecule has 0 aliphatic heterocycles. The fourth-order valence-corrected chi connectivity index (χ4v) is 2.66. The van der Waals surface area contributed by atoms with Crippen LogP contribution in [0, 0.1) is 0 Å². The van der Waals surface area contributed by atoms with E-state index in [2.05, 4.69) is 34.6 Å². The molecule has 0 amide bonds. The molecule has 3 rings (SSSR count). The number of aromatic amines is 1. The van der Waals surface area contributed by atoms with Crippen LogP contribution < -0.4 is 5.32 Å². The number of methoxy groups -OCH3 is 1. The van der Waals surface area contributed by atoms with Crippen LogP contribution in [-0.4, -0.2) is 24.2 Å². The second-order valence-electron chi connectivity index (χ2n) is 5.24. The topological polar surface area (TPSA) is 37.0 Å². The summed E-state index contributed by atoms with van der Waals surface area (Å²) < 4.78 is 5.60. The van der Waals surface area contributed by atoms with Gasteiger partial charge in [0.1, 0.15) is 0 Å². The Hall–Kier alpha value is -1.32. The lowest BCUT2D eigenvalue weighted by Crippen LogP contribution is -2.47. The lowest BCUT2D eigenvalue weighted by Gasteiger charge is -2.40. The highest BCUT2D eigenvalue weighted by molar-refractivity contribution is 5.79. The molecule has 3 heteroatoms. The highest BCUT2D eigenvalue weighted by atomic mass is 16.5. The van der Waals surface area contributed by atoms with Crippen molar-refractivity contribution in [3.8, 4) is 0 Å². The molecule has 0 saturated heterocycles. The minimum absolute atomic E-state index is 0.108. The monoisotopic (exact) mass is 244 g/mol. The van der Waals surface area contributed by atoms with E-state index >= 15 is 0 Å². The summed E-state index contributed by atoms with van der Waals surface area (Å²) in [5, 5.41) is 4.78. The zero-order valence-electron chi connectivity index (χ0n) is 10.8. The molecule has 0 spiro atoms. The zero-order valence-corrected chi connectivity index (χ0v) is 10.8. The molecule has 0 atom stereocenters. The Morgan fingerprint density at radius 2 is 2.22 bits per heavy atom. The Morgan fingerprint density at radius 3 is 2.94 bits per heavy atom. The first-order valence-corrected chi connectivity index (χ1v) is 6.63. The highest BCUT2D eigenvalue weighted by Crippen LogP contribution is 2.34. The minimum atomic E-state index is 0.108. The number of rotatable bonds is 5. The first-order chi connectivity index (χ1) is 8.81. The SMILES string of the molecule is COC1(CNCc2ccc3cc[nH]c3c2)CCC1. The average Bonchev–Trinajstić information content (AvgIpc) is 2.80. The summed E-state index contributed by atoms with van der Waals surface area (Å²) in [7, 11) is 1.83. The third kappa shape index (κ3) is 2.16. The maximum absolute atomic E-state index is 5.60. The molecule has 1 saturated carbocycles. The van der Waals surface area contributed by atoms with E-state index in [-0.39, 0.29) is 5.60 Å². The van der Waals surface area contributed by atoms with Gasteiger partial charge < -0.3 is 15.0 Å². The second-order valence-corrected chi connectivity index (χ2v) is 5.24. The highest BCUT2D eigenvalue weighted by Gasteiger charge is 2.36. The van der Waals surface area contributed by atoms with Gasteiger partial charge in [-0.25, -0.2) is 0 Å². The maximum Gasteiger partial charge on any atom is 0.0802 e. The van der Waals surface area contributed by atoms with Crippen molar-refractivity contribution in [3.63, 3.8) is 0 Å². The summed E-state index contributed by atoms with van der Waals surface area (Å²) in [4.78, 5) is 3.25. The Morgan fingerprint density at radius 1 is 1.33 bits per heavy atom. The molecule has 96 valence electrons. The molecule has 0 unspecified atom stereocenters. The van der Waals surface area contributed by atoms with Crippen molar-refractivity contribution in [2.75, 3.05) is 13.7 Å². The van der Waals surface area contributed by atoms with Crippen LogP contribution in [0.2, 0.25) is 0 Å². The summed E-state index contributed by atoms with van der Waals surface area (Å²) in [5.74, 6) is 0. The number of hydrogen-bond donors (Lipinski definition) is 2. The molecule has 2 aromatic rings. The predicted molar refractivity (Wildman–Crippen MR) is 73.6 cm³/mol. The van der Waals surface area contributed by atoms with E-state index in [1.807, 2.05) is 13.3 Å². The van der Waals surface area contributed by atoms with Crippen molar-refractivity contribution in [3.05, 3.63) is 36.0 Å². The smallest absolute Gasteiger partial charge is 0.0802 e. The molecule has 1 aliphatic carbocycles. The Balaban J connectivity index is 1.59. The van der Waals surface area contributed by atoms with Gasteiger partial charge >= 0.3 is 0 Å². The van der Waals surface area contributed by atoms with Crippen LogP contribution in [0.1, 0.15) is 24.8 Å². The van der Waals surface area contributed by atoms with Gasteiger partial charge in [-0.15, -0.1) is 0 Å². The van der Waals surface area contributed by atoms with E-state index in [1.165, 1.54) is 35.7 Å². The number of ether oxygens (including phenoxy) is 1. The number of fused-ring (bicyclic) bond motifs is 1. The van der Waals surface area contributed by atoms with Gasteiger partial charge in [-0.2, -0.15) is 0 Å². The van der Waals surface area contributed by atoms with Crippen molar-refractivity contribution >= 4 is 10.9 Å². The van der Waals surface area contributed by atoms with Gasteiger partial charge in [0, 0.05) is 31.9 Å². The maximum atomic E-state index is 5.60. The van der Waals surface area contributed by atoms with Gasteiger partial charge in [0.25, 0.3) is 0 Å². The number of H-pyrrole nitrogens is 1. The summed E-state index contributed by atoms with van der Waals surface area (Å²) in [6, 6.07) is 8.66. The van der Waals surface area contributed by atoms with Gasteiger partial charge in [-0.3, -0.25) is 0 Å². The zero-order chi connectivity index (χ0) is 12.4. The Bertz CT molecular complexity index is 523. The first kappa shape index (κ1) is 11.8. The summed E-state index contributed by atoms with van der Waals surface area (Å²) >= 11 is 0. The van der Waals surface area contributed by atoms with Gasteiger partial charge in [0.05, 0.1) is 5.60 Å². The van der Waals surface area contributed by atoms with E-state index in [0.717, 1.165) is 13.1 Å². The van der Waals surface area contributed by atoms with E-state index < -0.39 is 0 Å². The van der Waals surface area contributed by atoms with Crippen molar-refractivity contribution in [2.24, 2.45) is 0 Å². The second kappa shape index (κ2) is 4.75. The molecule has 0 radical (unpaired) electrons. The molecule has 1 heterocycles. The Labute approximate surface area is 108 Å². The van der Waals surface area contributed by atoms with Crippen LogP contribution in [0.25, 0.3) is 10.9 Å². The number of benzene rings is 1. The summed E-state index contributed by atoms with van der Waals surface area (Å²) in [5.41, 5.74) is 2.63. The number of aromatic nitrogens is 1. The third-order valence-corrected chi connectivity index (χ3v) is 4.09. The lowest BCUT2D eigenvalue weighted by atomic mass is 9.80. The lowest BCUT2D eigenvalue weighted by molar-refractivity contribution is -0.0695. The van der Waals surface area contributed by atoms with Crippen molar-refractivity contribution < 1.29 is 4.74 Å². The van der Waals surface area contributed by atoms with Crippen LogP contribution >= 0.6 is 0 Å². The molecule has 1 fully saturated rings. The molecule has 3 nitrogen and oxygen atoms in total. The molecule has 1 aromatic heterocycles. The fraction of sp³-hybridized carbons (Fsp3) is 0.467. The van der Waals surface area contributed by atoms with Crippen molar-refractivity contribution in [1.82, 2.24) is 10.3 Å². The van der Waals surface area contributed by atoms with Crippen LogP contribution in [0.15, 0.2) is 30.5 Å². The fourth-order valence-electron chi connectivity index (χ4n) is 2.66. The van der Waals surface area contributed by atoms with E-state index in [9.17, 15) is 0 Å². The molecular weight excluding hydrogens is 224 g/mol. The molecule has 0 bridgehead atoms. The van der Waals surface area contributed by atoms with Crippen LogP contribution in [0.3, 0.4) is 0 Å². The van der Waals surface area contributed by atoms with Gasteiger partial charge in [-0.05, 0) is 42.3 Å². The van der Waals surface area contributed by atoms with Gasteiger partial charge in [-0.1, -0.05) is 12.1 Å². The number of hydrogen-bond acceptors (Lipinski definition) is 2. The first-order valence-electron chi connectivity index (χ1n) is 6.63. The number of nitrogens with one attached hydrogen (secondary N) is 2. The van der Waals surface area contributed by atoms with E-state index in [1.54, 1.807) is 0 Å². The standard InChI is InChI=1S/C15H20N2O/c1-18-15(6-2-7-15)11-16-10-12-3-4-13-5-8-17-14(13)9-12/h3-5,8-9,16-17H,2,6-7,10-11H2,1H3. The molecule has 1 aliphatic rings. The van der Waals surface area contributed by atoms with E-state index in [0.29, 0.717) is 0 Å². The Kier molecular flexibility index (Phi) is 3.10. The molecule has 18 heavy (non-hydrogen) atoms. The van der Waals surface area contributed by atoms with Gasteiger partial charge in [0.2, 0.25) is 0 Å². The van der Waals surface area contributed by atoms with Crippen LogP contribution in [0.5, 0.6) is 0 Å². The van der Waals surface area contributed by atoms with Gasteiger partial charge in [0.15, 0.2) is 0 Å². The largest absolute Gasteiger partial charge is 0.377 e. The van der Waals surface area contributed by atoms with E-state index in [4.69, 9.17) is 4.74 Å². The average molecular weight is 244 g/mol. The molecular formula is C15H20N2O. The summed E-state index contributed by atoms with van der Waals surface area (Å²) in [6.07, 6.45) is 5.65. The summed E-state index contributed by atoms with van der Waals surface area (Å²) in [6.45, 7) is 1.85. The minimum Gasteiger partial charge on any atom is -0.377 e. The molecule has 2 N–H and O–H groups in total. The third-order valence-electron chi connectivity index (χ3n) is 4.09. The molecule has 1 aromatic carbocycles. The van der Waals surface area contributed by atoms with Crippen molar-refractivity contribution in [1.29, 1.82) is 0 Å². The van der Waals surface area contributed by atoms with Crippen LogP contribution in [-0.2, 0) is 11.3 Å². The van der Waals surface area contributed by atoms with Crippen LogP contribution in [0.4, 0.5) is 0 Å². The quantitative estimate of drug-likeness (QED) is 0.848.